The first-order valence-electron chi connectivity index (χ1n) is 7.24. The second-order valence-corrected chi connectivity index (χ2v) is 5.15. The van der Waals surface area contributed by atoms with Crippen LogP contribution in [0.15, 0.2) is 52.6 Å². The van der Waals surface area contributed by atoms with Crippen molar-refractivity contribution in [2.24, 2.45) is 4.99 Å². The molecule has 8 heteroatoms. The third kappa shape index (κ3) is 3.32. The molecule has 3 rings (SSSR count). The van der Waals surface area contributed by atoms with Crippen LogP contribution in [-0.2, 0) is 11.2 Å². The molecule has 8 nitrogen and oxygen atoms in total. The molecule has 0 radical (unpaired) electrons. The Balaban J connectivity index is 1.89. The van der Waals surface area contributed by atoms with Gasteiger partial charge in [0.05, 0.1) is 17.6 Å². The van der Waals surface area contributed by atoms with Crippen LogP contribution in [0, 0.1) is 0 Å². The van der Waals surface area contributed by atoms with Crippen LogP contribution in [0.2, 0.25) is 0 Å². The summed E-state index contributed by atoms with van der Waals surface area (Å²) < 4.78 is 0. The predicted octanol–water partition coefficient (Wildman–Crippen LogP) is 1.21. The van der Waals surface area contributed by atoms with E-state index in [0.717, 1.165) is 5.56 Å². The predicted molar refractivity (Wildman–Crippen MR) is 88.2 cm³/mol. The van der Waals surface area contributed by atoms with Gasteiger partial charge < -0.3 is 10.1 Å². The lowest BCUT2D eigenvalue weighted by molar-refractivity contribution is -0.138. The van der Waals surface area contributed by atoms with E-state index in [1.54, 1.807) is 6.20 Å². The Labute approximate surface area is 136 Å². The molecule has 0 saturated heterocycles. The summed E-state index contributed by atoms with van der Waals surface area (Å²) in [5.41, 5.74) is 1.96. The molecule has 4 N–H and O–H groups in total. The monoisotopic (exact) mass is 325 g/mol. The summed E-state index contributed by atoms with van der Waals surface area (Å²) in [5.74, 6) is -1.07. The highest BCUT2D eigenvalue weighted by atomic mass is 16.4. The third-order valence-electron chi connectivity index (χ3n) is 3.51. The van der Waals surface area contributed by atoms with Gasteiger partial charge in [-0.2, -0.15) is 0 Å². The first-order chi connectivity index (χ1) is 11.6. The van der Waals surface area contributed by atoms with Crippen molar-refractivity contribution in [1.82, 2.24) is 20.2 Å². The number of aliphatic imine (C=N–C) groups is 1. The molecule has 0 spiro atoms. The minimum atomic E-state index is -1.07. The van der Waals surface area contributed by atoms with Gasteiger partial charge in [0.1, 0.15) is 0 Å². The minimum Gasteiger partial charge on any atom is -0.480 e. The molecule has 3 aromatic rings. The summed E-state index contributed by atoms with van der Waals surface area (Å²) in [7, 11) is 0. The lowest BCUT2D eigenvalue weighted by atomic mass is 10.1. The number of hydrogen-bond acceptors (Lipinski definition) is 4. The maximum atomic E-state index is 12.0. The van der Waals surface area contributed by atoms with Gasteiger partial charge in [-0.3, -0.25) is 20.0 Å². The van der Waals surface area contributed by atoms with Gasteiger partial charge in [0.2, 0.25) is 0 Å². The molecule has 0 aliphatic heterocycles. The van der Waals surface area contributed by atoms with Crippen molar-refractivity contribution in [1.29, 1.82) is 0 Å². The number of aliphatic carboxylic acids is 1. The SMILES string of the molecule is O=C(O)[C@H](Cc1cnc[nH]1)N=Cc1c(-c2ccccc2)[nH][nH]c1=O. The van der Waals surface area contributed by atoms with Crippen LogP contribution < -0.4 is 5.56 Å². The number of rotatable bonds is 6. The van der Waals surface area contributed by atoms with E-state index < -0.39 is 12.0 Å². The molecule has 0 unspecified atom stereocenters. The number of aromatic amines is 3. The zero-order valence-corrected chi connectivity index (χ0v) is 12.6. The van der Waals surface area contributed by atoms with Crippen molar-refractivity contribution in [3.05, 3.63) is 64.5 Å². The molecule has 0 amide bonds. The number of hydrogen-bond donors (Lipinski definition) is 4. The van der Waals surface area contributed by atoms with Gasteiger partial charge in [-0.1, -0.05) is 30.3 Å². The lowest BCUT2D eigenvalue weighted by Crippen LogP contribution is -2.21. The van der Waals surface area contributed by atoms with Gasteiger partial charge in [-0.05, 0) is 0 Å². The van der Waals surface area contributed by atoms with Gasteiger partial charge >= 0.3 is 5.97 Å². The van der Waals surface area contributed by atoms with E-state index in [1.807, 2.05) is 30.3 Å². The quantitative estimate of drug-likeness (QED) is 0.508. The summed E-state index contributed by atoms with van der Waals surface area (Å²) in [6, 6.07) is 8.24. The molecule has 0 bridgehead atoms. The molecule has 0 aliphatic rings. The highest BCUT2D eigenvalue weighted by Gasteiger charge is 2.18. The summed E-state index contributed by atoms with van der Waals surface area (Å²) in [4.78, 5) is 34.1. The van der Waals surface area contributed by atoms with E-state index in [4.69, 9.17) is 0 Å². The Morgan fingerprint density at radius 1 is 1.29 bits per heavy atom. The topological polar surface area (TPSA) is 127 Å². The fourth-order valence-electron chi connectivity index (χ4n) is 2.30. The number of aromatic nitrogens is 4. The lowest BCUT2D eigenvalue weighted by Gasteiger charge is -2.05. The average molecular weight is 325 g/mol. The summed E-state index contributed by atoms with van der Waals surface area (Å²) in [5, 5.41) is 14.6. The third-order valence-corrected chi connectivity index (χ3v) is 3.51. The molecule has 2 heterocycles. The number of carboxylic acids is 1. The van der Waals surface area contributed by atoms with Crippen molar-refractivity contribution in [3.8, 4) is 11.3 Å². The Hall–Kier alpha value is -3.42. The van der Waals surface area contributed by atoms with Crippen LogP contribution in [0.3, 0.4) is 0 Å². The smallest absolute Gasteiger partial charge is 0.328 e. The molecular weight excluding hydrogens is 310 g/mol. The van der Waals surface area contributed by atoms with E-state index in [1.165, 1.54) is 12.5 Å². The van der Waals surface area contributed by atoms with Gasteiger partial charge in [0.15, 0.2) is 6.04 Å². The highest BCUT2D eigenvalue weighted by molar-refractivity contribution is 5.90. The van der Waals surface area contributed by atoms with Crippen LogP contribution in [0.25, 0.3) is 11.3 Å². The molecule has 2 aromatic heterocycles. The fourth-order valence-corrected chi connectivity index (χ4v) is 2.30. The largest absolute Gasteiger partial charge is 0.480 e. The number of imidazole rings is 1. The van der Waals surface area contributed by atoms with Crippen LogP contribution in [0.5, 0.6) is 0 Å². The normalized spacial score (nSPS) is 12.5. The molecule has 122 valence electrons. The number of nitrogens with zero attached hydrogens (tertiary/aromatic N) is 2. The molecule has 0 saturated carbocycles. The minimum absolute atomic E-state index is 0.162. The molecule has 1 aromatic carbocycles. The zero-order chi connectivity index (χ0) is 16.9. The summed E-state index contributed by atoms with van der Waals surface area (Å²) in [6.07, 6.45) is 4.48. The standard InChI is InChI=1S/C16H15N5O3/c22-15-12(14(20-21-15)10-4-2-1-3-5-10)8-18-13(16(23)24)6-11-7-17-9-19-11/h1-5,7-9,13H,6H2,(H,17,19)(H,23,24)(H2,20,21,22)/t13-/m0/s1. The maximum absolute atomic E-state index is 12.0. The average Bonchev–Trinajstić information content (AvgIpc) is 3.22. The number of H-pyrrole nitrogens is 3. The second kappa shape index (κ2) is 6.78. The van der Waals surface area contributed by atoms with E-state index in [-0.39, 0.29) is 17.5 Å². The maximum Gasteiger partial charge on any atom is 0.328 e. The van der Waals surface area contributed by atoms with Crippen molar-refractivity contribution >= 4 is 12.2 Å². The summed E-state index contributed by atoms with van der Waals surface area (Å²) >= 11 is 0. The van der Waals surface area contributed by atoms with E-state index in [0.29, 0.717) is 11.4 Å². The van der Waals surface area contributed by atoms with Crippen LogP contribution in [-0.4, -0.2) is 43.5 Å². The van der Waals surface area contributed by atoms with Crippen LogP contribution >= 0.6 is 0 Å². The van der Waals surface area contributed by atoms with E-state index >= 15 is 0 Å². The van der Waals surface area contributed by atoms with Crippen molar-refractivity contribution in [2.45, 2.75) is 12.5 Å². The molecule has 0 fully saturated rings. The van der Waals surface area contributed by atoms with Gasteiger partial charge in [-0.25, -0.2) is 9.78 Å². The Morgan fingerprint density at radius 2 is 2.08 bits per heavy atom. The highest BCUT2D eigenvalue weighted by Crippen LogP contribution is 2.17. The second-order valence-electron chi connectivity index (χ2n) is 5.15. The fraction of sp³-hybridized carbons (Fsp3) is 0.125. The molecule has 0 aliphatic carbocycles. The van der Waals surface area contributed by atoms with Crippen LogP contribution in [0.4, 0.5) is 0 Å². The first-order valence-corrected chi connectivity index (χ1v) is 7.24. The molecular formula is C16H15N5O3. The van der Waals surface area contributed by atoms with Gasteiger partial charge in [0.25, 0.3) is 5.56 Å². The van der Waals surface area contributed by atoms with Crippen molar-refractivity contribution in [2.75, 3.05) is 0 Å². The number of carbonyl (C=O) groups is 1. The van der Waals surface area contributed by atoms with Crippen LogP contribution in [0.1, 0.15) is 11.3 Å². The molecule has 24 heavy (non-hydrogen) atoms. The van der Waals surface area contributed by atoms with Crippen molar-refractivity contribution in [3.63, 3.8) is 0 Å². The Morgan fingerprint density at radius 3 is 2.75 bits per heavy atom. The number of benzene rings is 1. The molecule has 1 atom stereocenters. The Kier molecular flexibility index (Phi) is 4.37. The van der Waals surface area contributed by atoms with Gasteiger partial charge in [0, 0.05) is 30.1 Å². The van der Waals surface area contributed by atoms with E-state index in [9.17, 15) is 14.7 Å². The number of nitrogens with one attached hydrogen (secondary N) is 3. The number of carboxylic acid groups (broad SMARTS) is 1. The Bertz CT molecular complexity index is 893. The van der Waals surface area contributed by atoms with E-state index in [2.05, 4.69) is 25.2 Å². The summed E-state index contributed by atoms with van der Waals surface area (Å²) in [6.45, 7) is 0. The zero-order valence-electron chi connectivity index (χ0n) is 12.6. The van der Waals surface area contributed by atoms with Crippen molar-refractivity contribution < 1.29 is 9.90 Å². The first kappa shape index (κ1) is 15.5. The van der Waals surface area contributed by atoms with Gasteiger partial charge in [-0.15, -0.1) is 0 Å².